The molecule has 0 aliphatic heterocycles. The van der Waals surface area contributed by atoms with Crippen LogP contribution in [0.1, 0.15) is 31.1 Å². The van der Waals surface area contributed by atoms with Crippen LogP contribution in [0.5, 0.6) is 5.75 Å². The van der Waals surface area contributed by atoms with Gasteiger partial charge in [0.05, 0.1) is 11.9 Å². The van der Waals surface area contributed by atoms with Crippen LogP contribution in [0, 0.1) is 0 Å². The molecule has 0 fully saturated rings. The number of ether oxygens (including phenoxy) is 1. The number of benzene rings is 4. The summed E-state index contributed by atoms with van der Waals surface area (Å²) in [6.45, 7) is 4.44. The first-order valence-electron chi connectivity index (χ1n) is 11.6. The van der Waals surface area contributed by atoms with Gasteiger partial charge in [-0.3, -0.25) is 9.48 Å². The molecule has 6 heteroatoms. The van der Waals surface area contributed by atoms with Crippen molar-refractivity contribution in [2.75, 3.05) is 5.73 Å². The summed E-state index contributed by atoms with van der Waals surface area (Å²) < 4.78 is 8.09. The molecule has 0 saturated carbocycles. The lowest BCUT2D eigenvalue weighted by atomic mass is 9.99. The highest BCUT2D eigenvalue weighted by atomic mass is 16.5. The highest BCUT2D eigenvalue weighted by Gasteiger charge is 2.16. The number of aromatic nitrogens is 2. The number of para-hydroxylation sites is 1. The zero-order chi connectivity index (χ0) is 24.5. The lowest BCUT2D eigenvalue weighted by molar-refractivity contribution is -0.136. The van der Waals surface area contributed by atoms with Gasteiger partial charge in [0.2, 0.25) is 0 Å². The van der Waals surface area contributed by atoms with E-state index < -0.39 is 5.97 Å². The summed E-state index contributed by atoms with van der Waals surface area (Å²) in [6.07, 6.45) is -0.0893. The molecule has 1 heterocycles. The number of hydrogen-bond acceptors (Lipinski definition) is 4. The summed E-state index contributed by atoms with van der Waals surface area (Å²) in [5.74, 6) is -0.331. The quantitative estimate of drug-likeness (QED) is 0.278. The molecule has 0 saturated heterocycles. The highest BCUT2D eigenvalue weighted by molar-refractivity contribution is 5.96. The van der Waals surface area contributed by atoms with Gasteiger partial charge in [-0.2, -0.15) is 5.10 Å². The number of aliphatic carboxylic acids is 1. The topological polar surface area (TPSA) is 90.4 Å². The monoisotopic (exact) mass is 465 g/mol. The summed E-state index contributed by atoms with van der Waals surface area (Å²) in [5.41, 5.74) is 11.6. The van der Waals surface area contributed by atoms with E-state index >= 15 is 0 Å². The largest absolute Gasteiger partial charge is 0.487 e. The molecule has 35 heavy (non-hydrogen) atoms. The minimum atomic E-state index is -0.891. The van der Waals surface area contributed by atoms with E-state index in [9.17, 15) is 9.90 Å². The Balaban J connectivity index is 1.54. The molecule has 0 atom stereocenters. The van der Waals surface area contributed by atoms with Crippen LogP contribution in [-0.2, 0) is 17.8 Å². The van der Waals surface area contributed by atoms with Gasteiger partial charge >= 0.3 is 5.97 Å². The fourth-order valence-corrected chi connectivity index (χ4v) is 4.47. The van der Waals surface area contributed by atoms with E-state index in [-0.39, 0.29) is 19.1 Å². The fourth-order valence-electron chi connectivity index (χ4n) is 4.47. The summed E-state index contributed by atoms with van der Waals surface area (Å²) in [4.78, 5) is 11.2. The summed E-state index contributed by atoms with van der Waals surface area (Å²) >= 11 is 0. The maximum absolute atomic E-state index is 11.2. The number of anilines is 1. The van der Waals surface area contributed by atoms with Gasteiger partial charge in [0, 0.05) is 28.1 Å². The first-order chi connectivity index (χ1) is 16.9. The first kappa shape index (κ1) is 22.5. The normalized spacial score (nSPS) is 11.4. The zero-order valence-electron chi connectivity index (χ0n) is 19.7. The molecule has 1 aromatic heterocycles. The van der Waals surface area contributed by atoms with Gasteiger partial charge in [-0.1, -0.05) is 48.5 Å². The summed E-state index contributed by atoms with van der Waals surface area (Å²) in [5, 5.41) is 17.2. The number of nitrogens with zero attached hydrogens (tertiary/aromatic N) is 2. The predicted octanol–water partition coefficient (Wildman–Crippen LogP) is 6.23. The van der Waals surface area contributed by atoms with Crippen LogP contribution in [0.3, 0.4) is 0 Å². The van der Waals surface area contributed by atoms with E-state index in [0.29, 0.717) is 11.3 Å². The third-order valence-electron chi connectivity index (χ3n) is 6.20. The average Bonchev–Trinajstić information content (AvgIpc) is 3.21. The Hall–Kier alpha value is -4.32. The number of rotatable bonds is 7. The van der Waals surface area contributed by atoms with E-state index in [1.54, 1.807) is 12.1 Å². The summed E-state index contributed by atoms with van der Waals surface area (Å²) in [6, 6.07) is 26.0. The van der Waals surface area contributed by atoms with E-state index in [0.717, 1.165) is 44.2 Å². The van der Waals surface area contributed by atoms with Crippen LogP contribution < -0.4 is 10.5 Å². The molecule has 5 rings (SSSR count). The number of nitrogen functional groups attached to an aromatic ring is 1. The van der Waals surface area contributed by atoms with Gasteiger partial charge in [0.1, 0.15) is 18.1 Å². The van der Waals surface area contributed by atoms with Crippen LogP contribution in [-0.4, -0.2) is 20.9 Å². The van der Waals surface area contributed by atoms with Gasteiger partial charge in [0.25, 0.3) is 0 Å². The van der Waals surface area contributed by atoms with Crippen LogP contribution in [0.15, 0.2) is 78.9 Å². The molecule has 6 nitrogen and oxygen atoms in total. The smallest absolute Gasteiger partial charge is 0.307 e. The maximum Gasteiger partial charge on any atom is 0.307 e. The van der Waals surface area contributed by atoms with Crippen molar-refractivity contribution < 1.29 is 14.6 Å². The predicted molar refractivity (Wildman–Crippen MR) is 140 cm³/mol. The Bertz CT molecular complexity index is 1550. The molecule has 0 unspecified atom stereocenters. The van der Waals surface area contributed by atoms with E-state index in [1.165, 1.54) is 0 Å². The van der Waals surface area contributed by atoms with Crippen LogP contribution in [0.25, 0.3) is 32.8 Å². The Kier molecular flexibility index (Phi) is 5.87. The Labute approximate surface area is 203 Å². The molecule has 0 bridgehead atoms. The molecule has 0 amide bonds. The van der Waals surface area contributed by atoms with Crippen LogP contribution in [0.2, 0.25) is 0 Å². The van der Waals surface area contributed by atoms with Gasteiger partial charge in [-0.15, -0.1) is 0 Å². The minimum Gasteiger partial charge on any atom is -0.487 e. The lowest BCUT2D eigenvalue weighted by Crippen LogP contribution is -2.06. The van der Waals surface area contributed by atoms with Gasteiger partial charge < -0.3 is 15.6 Å². The molecular formula is C29H27N3O3. The minimum absolute atomic E-state index is 0.0893. The third-order valence-corrected chi connectivity index (χ3v) is 6.20. The van der Waals surface area contributed by atoms with Crippen molar-refractivity contribution in [1.82, 2.24) is 9.78 Å². The van der Waals surface area contributed by atoms with Crippen molar-refractivity contribution in [3.05, 3.63) is 90.1 Å². The second-order valence-electron chi connectivity index (χ2n) is 8.97. The zero-order valence-corrected chi connectivity index (χ0v) is 19.7. The van der Waals surface area contributed by atoms with Crippen molar-refractivity contribution in [1.29, 1.82) is 0 Å². The molecule has 3 N–H and O–H groups in total. The summed E-state index contributed by atoms with van der Waals surface area (Å²) in [7, 11) is 0. The molecular weight excluding hydrogens is 438 g/mol. The van der Waals surface area contributed by atoms with Crippen LogP contribution in [0.4, 0.5) is 5.69 Å². The SMILES string of the molecule is CC(C)n1nc(COc2ccccc2CC(=O)O)c2cc(-c3ccc4c(N)cccc4c3)ccc21. The maximum atomic E-state index is 11.2. The highest BCUT2D eigenvalue weighted by Crippen LogP contribution is 2.32. The number of carbonyl (C=O) groups is 1. The van der Waals surface area contributed by atoms with Crippen molar-refractivity contribution >= 4 is 33.3 Å². The van der Waals surface area contributed by atoms with Gasteiger partial charge in [-0.25, -0.2) is 0 Å². The average molecular weight is 466 g/mol. The van der Waals surface area contributed by atoms with Crippen molar-refractivity contribution in [3.63, 3.8) is 0 Å². The van der Waals surface area contributed by atoms with E-state index in [4.69, 9.17) is 15.6 Å². The first-order valence-corrected chi connectivity index (χ1v) is 11.6. The number of hydrogen-bond donors (Lipinski definition) is 2. The molecule has 0 aliphatic rings. The molecule has 0 aliphatic carbocycles. The second kappa shape index (κ2) is 9.14. The van der Waals surface area contributed by atoms with Crippen molar-refractivity contribution in [2.45, 2.75) is 32.9 Å². The Morgan fingerprint density at radius 1 is 0.971 bits per heavy atom. The fraction of sp³-hybridized carbons (Fsp3) is 0.172. The van der Waals surface area contributed by atoms with Gasteiger partial charge in [0.15, 0.2) is 0 Å². The number of fused-ring (bicyclic) bond motifs is 2. The van der Waals surface area contributed by atoms with Gasteiger partial charge in [-0.05, 0) is 60.7 Å². The molecule has 0 spiro atoms. The number of carboxylic acid groups (broad SMARTS) is 1. The van der Waals surface area contributed by atoms with E-state index in [2.05, 4.69) is 56.3 Å². The van der Waals surface area contributed by atoms with Crippen molar-refractivity contribution in [3.8, 4) is 16.9 Å². The Morgan fingerprint density at radius 3 is 2.54 bits per heavy atom. The number of nitrogens with two attached hydrogens (primary N) is 1. The van der Waals surface area contributed by atoms with Crippen molar-refractivity contribution in [2.24, 2.45) is 0 Å². The molecule has 5 aromatic rings. The molecule has 4 aromatic carbocycles. The number of carboxylic acids is 1. The molecule has 176 valence electrons. The lowest BCUT2D eigenvalue weighted by Gasteiger charge is -2.10. The molecule has 0 radical (unpaired) electrons. The van der Waals surface area contributed by atoms with Crippen LogP contribution >= 0.6 is 0 Å². The van der Waals surface area contributed by atoms with E-state index in [1.807, 2.05) is 28.9 Å². The standard InChI is InChI=1S/C29H27N3O3/c1-18(2)32-27-13-11-20(19-10-12-23-21(14-19)7-5-8-25(23)30)15-24(27)26(31-32)17-35-28-9-4-3-6-22(28)16-29(33)34/h3-15,18H,16-17,30H2,1-2H3,(H,33,34). The Morgan fingerprint density at radius 2 is 1.74 bits per heavy atom. The third kappa shape index (κ3) is 4.43. The second-order valence-corrected chi connectivity index (χ2v) is 8.97.